The van der Waals surface area contributed by atoms with Crippen LogP contribution in [0.15, 0.2) is 30.7 Å². The van der Waals surface area contributed by atoms with Crippen LogP contribution in [0.25, 0.3) is 16.6 Å². The van der Waals surface area contributed by atoms with Crippen molar-refractivity contribution in [3.05, 3.63) is 35.7 Å². The molecule has 0 unspecified atom stereocenters. The van der Waals surface area contributed by atoms with Crippen molar-refractivity contribution in [2.24, 2.45) is 5.41 Å². The number of aryl methyl sites for hydroxylation is 1. The molecule has 0 atom stereocenters. The number of ether oxygens (including phenoxy) is 1. The standard InChI is InChI=1S/C25H31ClF2N6O/c1-24(16-35-17-24)32-9-7-31(8-10-32)22-12-21-18(11-20(22)26)13-30-34(21)19-14-29-33(15-19)6-5-25(23(27)28)3-2-4-25/h11-15,23H,2-10,16-17H2,1H3. The Morgan fingerprint density at radius 2 is 1.86 bits per heavy atom. The highest BCUT2D eigenvalue weighted by molar-refractivity contribution is 6.34. The van der Waals surface area contributed by atoms with Crippen molar-refractivity contribution >= 4 is 28.2 Å². The van der Waals surface area contributed by atoms with Crippen LogP contribution >= 0.6 is 11.6 Å². The average molecular weight is 505 g/mol. The summed E-state index contributed by atoms with van der Waals surface area (Å²) in [7, 11) is 0. The highest BCUT2D eigenvalue weighted by Gasteiger charge is 2.45. The molecule has 7 nitrogen and oxygen atoms in total. The zero-order chi connectivity index (χ0) is 24.2. The summed E-state index contributed by atoms with van der Waals surface area (Å²) in [4.78, 5) is 4.85. The van der Waals surface area contributed by atoms with Gasteiger partial charge in [-0.1, -0.05) is 18.0 Å². The molecule has 3 aromatic rings. The van der Waals surface area contributed by atoms with Crippen molar-refractivity contribution in [3.8, 4) is 5.69 Å². The first-order valence-electron chi connectivity index (χ1n) is 12.4. The van der Waals surface area contributed by atoms with Crippen molar-refractivity contribution in [1.29, 1.82) is 0 Å². The highest BCUT2D eigenvalue weighted by atomic mass is 35.5. The third kappa shape index (κ3) is 4.01. The number of benzene rings is 1. The Bertz CT molecular complexity index is 1210. The Balaban J connectivity index is 1.20. The van der Waals surface area contributed by atoms with E-state index in [9.17, 15) is 8.78 Å². The van der Waals surface area contributed by atoms with Gasteiger partial charge in [-0.05, 0) is 38.3 Å². The maximum absolute atomic E-state index is 13.5. The van der Waals surface area contributed by atoms with E-state index in [1.54, 1.807) is 17.1 Å². The number of anilines is 1. The molecule has 3 aliphatic rings. The SMILES string of the molecule is CC1(N2CCN(c3cc4c(cnn4-c4cnn(CCC5(C(F)F)CCC5)c4)cc3Cl)CC2)COC1. The second-order valence-corrected chi connectivity index (χ2v) is 11.0. The number of alkyl halides is 2. The predicted octanol–water partition coefficient (Wildman–Crippen LogP) is 4.61. The molecular weight excluding hydrogens is 474 g/mol. The van der Waals surface area contributed by atoms with Gasteiger partial charge in [-0.25, -0.2) is 13.5 Å². The molecule has 2 saturated heterocycles. The zero-order valence-electron chi connectivity index (χ0n) is 20.0. The van der Waals surface area contributed by atoms with Crippen molar-refractivity contribution in [1.82, 2.24) is 24.5 Å². The van der Waals surface area contributed by atoms with Crippen molar-refractivity contribution in [3.63, 3.8) is 0 Å². The number of nitrogens with zero attached hydrogens (tertiary/aromatic N) is 6. The van der Waals surface area contributed by atoms with E-state index in [1.807, 2.05) is 16.9 Å². The lowest BCUT2D eigenvalue weighted by molar-refractivity contribution is -0.131. The lowest BCUT2D eigenvalue weighted by Crippen LogP contribution is -2.64. The van der Waals surface area contributed by atoms with E-state index in [0.717, 1.165) is 73.1 Å². The van der Waals surface area contributed by atoms with Crippen molar-refractivity contribution in [2.45, 2.75) is 51.1 Å². The quantitative estimate of drug-likeness (QED) is 0.470. The number of hydrogen-bond donors (Lipinski definition) is 0. The molecule has 0 amide bonds. The summed E-state index contributed by atoms with van der Waals surface area (Å²) in [5, 5.41) is 10.7. The number of rotatable bonds is 7. The Hall–Kier alpha value is -2.23. The maximum Gasteiger partial charge on any atom is 0.244 e. The van der Waals surface area contributed by atoms with Crippen LogP contribution < -0.4 is 4.90 Å². The van der Waals surface area contributed by atoms with Gasteiger partial charge in [0, 0.05) is 43.5 Å². The Morgan fingerprint density at radius 3 is 2.49 bits per heavy atom. The Kier molecular flexibility index (Phi) is 5.77. The Labute approximate surface area is 208 Å². The molecule has 1 saturated carbocycles. The predicted molar refractivity (Wildman–Crippen MR) is 132 cm³/mol. The molecule has 10 heteroatoms. The van der Waals surface area contributed by atoms with Gasteiger partial charge >= 0.3 is 0 Å². The van der Waals surface area contributed by atoms with Gasteiger partial charge in [0.25, 0.3) is 0 Å². The molecular formula is C25H31ClF2N6O. The third-order valence-corrected chi connectivity index (χ3v) is 8.66. The van der Waals surface area contributed by atoms with E-state index in [1.165, 1.54) is 0 Å². The van der Waals surface area contributed by atoms with E-state index in [-0.39, 0.29) is 5.54 Å². The molecule has 0 N–H and O–H groups in total. The van der Waals surface area contributed by atoms with Crippen LogP contribution in [-0.4, -0.2) is 75.8 Å². The number of hydrogen-bond acceptors (Lipinski definition) is 5. The minimum atomic E-state index is -2.27. The van der Waals surface area contributed by atoms with Gasteiger partial charge in [-0.3, -0.25) is 9.58 Å². The second kappa shape index (κ2) is 8.71. The number of piperazine rings is 1. The fourth-order valence-electron chi connectivity index (χ4n) is 5.68. The van der Waals surface area contributed by atoms with Gasteiger partial charge in [-0.2, -0.15) is 10.2 Å². The van der Waals surface area contributed by atoms with E-state index in [0.29, 0.717) is 25.8 Å². The van der Waals surface area contributed by atoms with Gasteiger partial charge in [0.2, 0.25) is 6.43 Å². The van der Waals surface area contributed by atoms with E-state index in [4.69, 9.17) is 16.3 Å². The molecule has 4 heterocycles. The van der Waals surface area contributed by atoms with E-state index >= 15 is 0 Å². The summed E-state index contributed by atoms with van der Waals surface area (Å²) in [6.45, 7) is 8.10. The summed E-state index contributed by atoms with van der Waals surface area (Å²) in [6, 6.07) is 4.07. The van der Waals surface area contributed by atoms with E-state index < -0.39 is 11.8 Å². The minimum Gasteiger partial charge on any atom is -0.377 e. The second-order valence-electron chi connectivity index (χ2n) is 10.6. The topological polar surface area (TPSA) is 51.3 Å². The lowest BCUT2D eigenvalue weighted by atomic mass is 9.67. The van der Waals surface area contributed by atoms with Crippen LogP contribution in [0.4, 0.5) is 14.5 Å². The average Bonchev–Trinajstić information content (AvgIpc) is 3.42. The first kappa shape index (κ1) is 23.2. The molecule has 0 spiro atoms. The largest absolute Gasteiger partial charge is 0.377 e. The van der Waals surface area contributed by atoms with Crippen LogP contribution in [0.3, 0.4) is 0 Å². The smallest absolute Gasteiger partial charge is 0.244 e. The van der Waals surface area contributed by atoms with Crippen molar-refractivity contribution < 1.29 is 13.5 Å². The molecule has 35 heavy (non-hydrogen) atoms. The van der Waals surface area contributed by atoms with Crippen LogP contribution in [-0.2, 0) is 11.3 Å². The summed E-state index contributed by atoms with van der Waals surface area (Å²) in [5.74, 6) is 0. The molecule has 188 valence electrons. The molecule has 0 radical (unpaired) electrons. The number of fused-ring (bicyclic) bond motifs is 1. The summed E-state index contributed by atoms with van der Waals surface area (Å²) in [6.07, 6.45) is 5.72. The third-order valence-electron chi connectivity index (χ3n) is 8.36. The first-order valence-corrected chi connectivity index (χ1v) is 12.8. The van der Waals surface area contributed by atoms with Gasteiger partial charge in [0.1, 0.15) is 5.69 Å². The molecule has 6 rings (SSSR count). The number of aromatic nitrogens is 4. The van der Waals surface area contributed by atoms with Crippen LogP contribution in [0.5, 0.6) is 0 Å². The van der Waals surface area contributed by atoms with Crippen LogP contribution in [0.2, 0.25) is 5.02 Å². The maximum atomic E-state index is 13.5. The molecule has 2 aliphatic heterocycles. The van der Waals surface area contributed by atoms with Crippen molar-refractivity contribution in [2.75, 3.05) is 44.3 Å². The summed E-state index contributed by atoms with van der Waals surface area (Å²) >= 11 is 6.70. The van der Waals surface area contributed by atoms with Gasteiger partial charge in [-0.15, -0.1) is 0 Å². The normalized spacial score (nSPS) is 21.9. The first-order chi connectivity index (χ1) is 16.9. The lowest BCUT2D eigenvalue weighted by Gasteiger charge is -2.50. The number of halogens is 3. The van der Waals surface area contributed by atoms with Crippen LogP contribution in [0, 0.1) is 5.41 Å². The minimum absolute atomic E-state index is 0.159. The zero-order valence-corrected chi connectivity index (χ0v) is 20.7. The summed E-state index contributed by atoms with van der Waals surface area (Å²) in [5.41, 5.74) is 2.10. The highest BCUT2D eigenvalue weighted by Crippen LogP contribution is 2.49. The molecule has 3 fully saturated rings. The fraction of sp³-hybridized carbons (Fsp3) is 0.600. The van der Waals surface area contributed by atoms with Gasteiger partial charge in [0.15, 0.2) is 0 Å². The fourth-order valence-corrected chi connectivity index (χ4v) is 5.97. The summed E-state index contributed by atoms with van der Waals surface area (Å²) < 4.78 is 36.1. The molecule has 0 bridgehead atoms. The van der Waals surface area contributed by atoms with Crippen LogP contribution in [0.1, 0.15) is 32.6 Å². The molecule has 1 aromatic carbocycles. The molecule has 1 aliphatic carbocycles. The van der Waals surface area contributed by atoms with Gasteiger partial charge < -0.3 is 9.64 Å². The molecule has 2 aromatic heterocycles. The Morgan fingerprint density at radius 1 is 1.09 bits per heavy atom. The van der Waals surface area contributed by atoms with Gasteiger partial charge in [0.05, 0.1) is 53.6 Å². The van der Waals surface area contributed by atoms with E-state index in [2.05, 4.69) is 33.0 Å². The monoisotopic (exact) mass is 504 g/mol.